The van der Waals surface area contributed by atoms with E-state index >= 15 is 0 Å². The Morgan fingerprint density at radius 2 is 2.00 bits per heavy atom. The highest BCUT2D eigenvalue weighted by Crippen LogP contribution is 1.92. The summed E-state index contributed by atoms with van der Waals surface area (Å²) in [4.78, 5) is 0. The van der Waals surface area contributed by atoms with Gasteiger partial charge in [-0.15, -0.1) is 0 Å². The van der Waals surface area contributed by atoms with Gasteiger partial charge in [0, 0.05) is 19.8 Å². The van der Waals surface area contributed by atoms with E-state index < -0.39 is 10.0 Å². The van der Waals surface area contributed by atoms with E-state index in [0.29, 0.717) is 19.1 Å². The van der Waals surface area contributed by atoms with Crippen molar-refractivity contribution < 1.29 is 13.2 Å². The summed E-state index contributed by atoms with van der Waals surface area (Å²) >= 11 is 0. The van der Waals surface area contributed by atoms with Gasteiger partial charge in [0.25, 0.3) is 0 Å². The van der Waals surface area contributed by atoms with Gasteiger partial charge in [-0.25, -0.2) is 13.6 Å². The molecule has 0 heterocycles. The molecule has 0 saturated heterocycles. The second-order valence-corrected chi connectivity index (χ2v) is 5.67. The SMILES string of the molecule is CC(C)COCCCNCCS(N)(=O)=O. The minimum atomic E-state index is -3.33. The van der Waals surface area contributed by atoms with E-state index in [-0.39, 0.29) is 5.75 Å². The fourth-order valence-corrected chi connectivity index (χ4v) is 1.39. The first-order valence-corrected chi connectivity index (χ1v) is 6.92. The molecule has 0 bridgehead atoms. The van der Waals surface area contributed by atoms with E-state index in [2.05, 4.69) is 19.2 Å². The van der Waals surface area contributed by atoms with Gasteiger partial charge in [-0.2, -0.15) is 0 Å². The van der Waals surface area contributed by atoms with Gasteiger partial charge in [0.1, 0.15) is 0 Å². The van der Waals surface area contributed by atoms with Crippen LogP contribution in [0.2, 0.25) is 0 Å². The third-order valence-corrected chi connectivity index (χ3v) is 2.43. The van der Waals surface area contributed by atoms with E-state index in [1.54, 1.807) is 0 Å². The van der Waals surface area contributed by atoms with Gasteiger partial charge in [0.2, 0.25) is 10.0 Å². The third kappa shape index (κ3) is 13.8. The molecule has 0 aromatic carbocycles. The van der Waals surface area contributed by atoms with E-state index in [9.17, 15) is 8.42 Å². The standard InChI is InChI=1S/C9H22N2O3S/c1-9(2)8-14-6-3-4-11-5-7-15(10,12)13/h9,11H,3-8H2,1-2H3,(H2,10,12,13). The molecule has 0 unspecified atom stereocenters. The molecule has 0 spiro atoms. The van der Waals surface area contributed by atoms with E-state index in [4.69, 9.17) is 9.88 Å². The first-order chi connectivity index (χ1) is 6.92. The largest absolute Gasteiger partial charge is 0.381 e. The van der Waals surface area contributed by atoms with Crippen LogP contribution in [0.3, 0.4) is 0 Å². The molecule has 15 heavy (non-hydrogen) atoms. The summed E-state index contributed by atoms with van der Waals surface area (Å²) in [5, 5.41) is 7.83. The summed E-state index contributed by atoms with van der Waals surface area (Å²) in [6.45, 7) is 6.85. The highest BCUT2D eigenvalue weighted by Gasteiger charge is 2.00. The molecule has 0 saturated carbocycles. The van der Waals surface area contributed by atoms with E-state index in [1.807, 2.05) is 0 Å². The number of nitrogens with two attached hydrogens (primary N) is 1. The maximum Gasteiger partial charge on any atom is 0.210 e. The van der Waals surface area contributed by atoms with Crippen molar-refractivity contribution in [3.8, 4) is 0 Å². The van der Waals surface area contributed by atoms with Gasteiger partial charge in [-0.1, -0.05) is 13.8 Å². The molecule has 0 aromatic rings. The molecule has 0 aliphatic heterocycles. The van der Waals surface area contributed by atoms with Crippen LogP contribution in [0.4, 0.5) is 0 Å². The molecule has 0 aromatic heterocycles. The smallest absolute Gasteiger partial charge is 0.210 e. The van der Waals surface area contributed by atoms with Crippen LogP contribution in [-0.2, 0) is 14.8 Å². The minimum Gasteiger partial charge on any atom is -0.381 e. The van der Waals surface area contributed by atoms with Crippen molar-refractivity contribution in [2.45, 2.75) is 20.3 Å². The molecule has 3 N–H and O–H groups in total. The van der Waals surface area contributed by atoms with Crippen LogP contribution < -0.4 is 10.5 Å². The Bertz CT molecular complexity index is 240. The van der Waals surface area contributed by atoms with Crippen LogP contribution in [-0.4, -0.2) is 40.5 Å². The zero-order valence-electron chi connectivity index (χ0n) is 9.53. The van der Waals surface area contributed by atoms with Crippen molar-refractivity contribution in [3.05, 3.63) is 0 Å². The fraction of sp³-hybridized carbons (Fsp3) is 1.00. The van der Waals surface area contributed by atoms with Crippen LogP contribution in [0.15, 0.2) is 0 Å². The Balaban J connectivity index is 3.12. The Morgan fingerprint density at radius 3 is 2.53 bits per heavy atom. The molecule has 0 rings (SSSR count). The Hall–Kier alpha value is -0.170. The van der Waals surface area contributed by atoms with Crippen molar-refractivity contribution in [3.63, 3.8) is 0 Å². The molecule has 0 aliphatic carbocycles. The van der Waals surface area contributed by atoms with Crippen LogP contribution in [0, 0.1) is 5.92 Å². The second kappa shape index (κ2) is 8.04. The number of ether oxygens (including phenoxy) is 1. The van der Waals surface area contributed by atoms with Crippen molar-refractivity contribution in [1.82, 2.24) is 5.32 Å². The number of nitrogens with one attached hydrogen (secondary N) is 1. The minimum absolute atomic E-state index is 0.0140. The van der Waals surface area contributed by atoms with Gasteiger partial charge in [-0.05, 0) is 18.9 Å². The van der Waals surface area contributed by atoms with Crippen LogP contribution >= 0.6 is 0 Å². The lowest BCUT2D eigenvalue weighted by Gasteiger charge is -2.07. The highest BCUT2D eigenvalue weighted by atomic mass is 32.2. The maximum absolute atomic E-state index is 10.6. The van der Waals surface area contributed by atoms with Gasteiger partial charge in [-0.3, -0.25) is 0 Å². The molecule has 0 radical (unpaired) electrons. The zero-order valence-corrected chi connectivity index (χ0v) is 10.3. The average Bonchev–Trinajstić information content (AvgIpc) is 2.07. The maximum atomic E-state index is 10.6. The summed E-state index contributed by atoms with van der Waals surface area (Å²) in [5.74, 6) is 0.542. The lowest BCUT2D eigenvalue weighted by Crippen LogP contribution is -2.28. The van der Waals surface area contributed by atoms with Crippen LogP contribution in [0.5, 0.6) is 0 Å². The topological polar surface area (TPSA) is 81.4 Å². The van der Waals surface area contributed by atoms with E-state index in [0.717, 1.165) is 19.6 Å². The number of hydrogen-bond acceptors (Lipinski definition) is 4. The Morgan fingerprint density at radius 1 is 1.33 bits per heavy atom. The van der Waals surface area contributed by atoms with Crippen molar-refractivity contribution in [2.24, 2.45) is 11.1 Å². The monoisotopic (exact) mass is 238 g/mol. The summed E-state index contributed by atoms with van der Waals surface area (Å²) < 4.78 is 26.5. The van der Waals surface area contributed by atoms with Crippen LogP contribution in [0.25, 0.3) is 0 Å². The number of hydrogen-bond donors (Lipinski definition) is 2. The summed E-state index contributed by atoms with van der Waals surface area (Å²) in [5.41, 5.74) is 0. The first-order valence-electron chi connectivity index (χ1n) is 5.21. The van der Waals surface area contributed by atoms with Gasteiger partial charge >= 0.3 is 0 Å². The van der Waals surface area contributed by atoms with Crippen molar-refractivity contribution >= 4 is 10.0 Å². The summed E-state index contributed by atoms with van der Waals surface area (Å²) in [7, 11) is -3.33. The summed E-state index contributed by atoms with van der Waals surface area (Å²) in [6.07, 6.45) is 0.886. The number of primary sulfonamides is 1. The van der Waals surface area contributed by atoms with Gasteiger partial charge < -0.3 is 10.1 Å². The number of rotatable bonds is 9. The normalized spacial score (nSPS) is 12.3. The lowest BCUT2D eigenvalue weighted by atomic mass is 10.2. The average molecular weight is 238 g/mol. The Labute approximate surface area is 92.4 Å². The quantitative estimate of drug-likeness (QED) is 0.551. The zero-order chi connectivity index (χ0) is 11.7. The molecule has 92 valence electrons. The predicted octanol–water partition coefficient (Wildman–Crippen LogP) is -0.0728. The van der Waals surface area contributed by atoms with E-state index in [1.165, 1.54) is 0 Å². The molecule has 5 nitrogen and oxygen atoms in total. The molecule has 0 amide bonds. The molecule has 0 aliphatic rings. The Kier molecular flexibility index (Phi) is 7.95. The molecule has 0 fully saturated rings. The molecular weight excluding hydrogens is 216 g/mol. The van der Waals surface area contributed by atoms with Crippen molar-refractivity contribution in [1.29, 1.82) is 0 Å². The first kappa shape index (κ1) is 14.8. The van der Waals surface area contributed by atoms with Crippen molar-refractivity contribution in [2.75, 3.05) is 32.1 Å². The van der Waals surface area contributed by atoms with Gasteiger partial charge in [0.05, 0.1) is 5.75 Å². The second-order valence-electron chi connectivity index (χ2n) is 3.94. The molecule has 0 atom stereocenters. The fourth-order valence-electron chi connectivity index (χ4n) is 0.958. The summed E-state index contributed by atoms with van der Waals surface area (Å²) in [6, 6.07) is 0. The van der Waals surface area contributed by atoms with Crippen LogP contribution in [0.1, 0.15) is 20.3 Å². The highest BCUT2D eigenvalue weighted by molar-refractivity contribution is 7.89. The van der Waals surface area contributed by atoms with Gasteiger partial charge in [0.15, 0.2) is 0 Å². The molecule has 6 heteroatoms. The lowest BCUT2D eigenvalue weighted by molar-refractivity contribution is 0.108. The predicted molar refractivity (Wildman–Crippen MR) is 61.1 cm³/mol. The molecular formula is C9H22N2O3S. The number of sulfonamides is 1. The third-order valence-electron chi connectivity index (χ3n) is 1.66.